The maximum Gasteiger partial charge on any atom is 0.216 e. The Kier molecular flexibility index (Phi) is 4.80. The SMILES string of the molecule is COP(=O)([C@@H](C)c1ccccc1)[C@@H](C)c1ccccc1. The van der Waals surface area contributed by atoms with E-state index in [0.29, 0.717) is 0 Å². The average Bonchev–Trinajstić information content (AvgIpc) is 2.54. The molecule has 0 unspecified atom stereocenters. The van der Waals surface area contributed by atoms with Crippen molar-refractivity contribution < 1.29 is 9.09 Å². The third kappa shape index (κ3) is 2.87. The third-order valence-corrected chi connectivity index (χ3v) is 7.26. The third-order valence-electron chi connectivity index (χ3n) is 3.93. The van der Waals surface area contributed by atoms with Gasteiger partial charge in [-0.3, -0.25) is 4.57 Å². The van der Waals surface area contributed by atoms with Gasteiger partial charge in [-0.25, -0.2) is 0 Å². The van der Waals surface area contributed by atoms with E-state index in [1.54, 1.807) is 7.11 Å². The summed E-state index contributed by atoms with van der Waals surface area (Å²) in [7, 11) is -1.27. The van der Waals surface area contributed by atoms with Gasteiger partial charge in [0.15, 0.2) is 0 Å². The number of hydrogen-bond acceptors (Lipinski definition) is 2. The largest absolute Gasteiger partial charge is 0.331 e. The first-order valence-electron chi connectivity index (χ1n) is 6.84. The van der Waals surface area contributed by atoms with Crippen LogP contribution in [-0.2, 0) is 9.09 Å². The predicted octanol–water partition coefficient (Wildman–Crippen LogP) is 5.43. The second-order valence-corrected chi connectivity index (χ2v) is 8.21. The van der Waals surface area contributed by atoms with E-state index in [1.165, 1.54) is 0 Å². The van der Waals surface area contributed by atoms with E-state index in [4.69, 9.17) is 4.52 Å². The topological polar surface area (TPSA) is 26.3 Å². The molecule has 0 aromatic heterocycles. The van der Waals surface area contributed by atoms with Crippen LogP contribution in [0.4, 0.5) is 0 Å². The minimum atomic E-state index is -2.83. The molecule has 0 saturated heterocycles. The standard InChI is InChI=1S/C17H21O2P/c1-14(16-10-6-4-7-11-16)20(18,19-3)15(2)17-12-8-5-9-13-17/h4-15H,1-3H3/t14-,15-/m0/s1. The van der Waals surface area contributed by atoms with Crippen LogP contribution in [0, 0.1) is 0 Å². The number of hydrogen-bond donors (Lipinski definition) is 0. The van der Waals surface area contributed by atoms with Gasteiger partial charge in [0.2, 0.25) is 7.37 Å². The summed E-state index contributed by atoms with van der Waals surface area (Å²) in [6.45, 7) is 3.97. The molecule has 0 aliphatic heterocycles. The minimum absolute atomic E-state index is 0.121. The fourth-order valence-electron chi connectivity index (χ4n) is 2.53. The van der Waals surface area contributed by atoms with Crippen LogP contribution in [-0.4, -0.2) is 7.11 Å². The van der Waals surface area contributed by atoms with E-state index in [0.717, 1.165) is 11.1 Å². The molecule has 2 aromatic carbocycles. The second-order valence-electron chi connectivity index (χ2n) is 5.00. The van der Waals surface area contributed by atoms with Crippen LogP contribution in [0.1, 0.15) is 36.3 Å². The molecule has 0 fully saturated rings. The molecule has 0 spiro atoms. The van der Waals surface area contributed by atoms with Gasteiger partial charge in [0.25, 0.3) is 0 Å². The van der Waals surface area contributed by atoms with Gasteiger partial charge >= 0.3 is 0 Å². The van der Waals surface area contributed by atoms with E-state index in [2.05, 4.69) is 0 Å². The van der Waals surface area contributed by atoms with Crippen LogP contribution in [0.2, 0.25) is 0 Å². The summed E-state index contributed by atoms with van der Waals surface area (Å²) in [6, 6.07) is 19.9. The molecule has 106 valence electrons. The Morgan fingerprint density at radius 1 is 0.800 bits per heavy atom. The zero-order chi connectivity index (χ0) is 14.6. The molecule has 2 atom stereocenters. The highest BCUT2D eigenvalue weighted by molar-refractivity contribution is 7.59. The minimum Gasteiger partial charge on any atom is -0.331 e. The lowest BCUT2D eigenvalue weighted by atomic mass is 10.2. The highest BCUT2D eigenvalue weighted by Gasteiger charge is 2.37. The summed E-state index contributed by atoms with van der Waals surface area (Å²) in [6.07, 6.45) is 0. The normalized spacial score (nSPS) is 14.8. The van der Waals surface area contributed by atoms with E-state index in [9.17, 15) is 4.57 Å². The maximum absolute atomic E-state index is 13.4. The Hall–Kier alpha value is -1.37. The van der Waals surface area contributed by atoms with Gasteiger partial charge in [-0.2, -0.15) is 0 Å². The van der Waals surface area contributed by atoms with Gasteiger partial charge in [0, 0.05) is 7.11 Å². The van der Waals surface area contributed by atoms with Crippen LogP contribution < -0.4 is 0 Å². The Bertz CT molecular complexity index is 531. The molecule has 2 rings (SSSR count). The van der Waals surface area contributed by atoms with Crippen molar-refractivity contribution in [3.63, 3.8) is 0 Å². The van der Waals surface area contributed by atoms with Crippen LogP contribution >= 0.6 is 7.37 Å². The lowest BCUT2D eigenvalue weighted by Crippen LogP contribution is -2.05. The molecule has 0 N–H and O–H groups in total. The Morgan fingerprint density at radius 2 is 1.15 bits per heavy atom. The summed E-state index contributed by atoms with van der Waals surface area (Å²) in [5.74, 6) is 0. The first kappa shape index (κ1) is 15.0. The molecule has 0 aliphatic rings. The molecule has 0 radical (unpaired) electrons. The van der Waals surface area contributed by atoms with Crippen LogP contribution in [0.3, 0.4) is 0 Å². The average molecular weight is 288 g/mol. The first-order valence-corrected chi connectivity index (χ1v) is 8.61. The molecule has 2 nitrogen and oxygen atoms in total. The van der Waals surface area contributed by atoms with E-state index < -0.39 is 7.37 Å². The zero-order valence-electron chi connectivity index (χ0n) is 12.2. The Labute approximate surface area is 121 Å². The molecular formula is C17H21O2P. The summed E-state index contributed by atoms with van der Waals surface area (Å²) >= 11 is 0. The van der Waals surface area contributed by atoms with Crippen molar-refractivity contribution in [2.24, 2.45) is 0 Å². The highest BCUT2D eigenvalue weighted by Crippen LogP contribution is 2.68. The van der Waals surface area contributed by atoms with Gasteiger partial charge in [-0.1, -0.05) is 60.7 Å². The van der Waals surface area contributed by atoms with E-state index >= 15 is 0 Å². The molecule has 0 aliphatic carbocycles. The van der Waals surface area contributed by atoms with Gasteiger partial charge in [0.05, 0.1) is 11.3 Å². The number of benzene rings is 2. The van der Waals surface area contributed by atoms with Crippen molar-refractivity contribution >= 4 is 7.37 Å². The molecule has 0 amide bonds. The van der Waals surface area contributed by atoms with Crippen molar-refractivity contribution in [3.8, 4) is 0 Å². The summed E-state index contributed by atoms with van der Waals surface area (Å²) in [5, 5.41) is 0. The fourth-order valence-corrected chi connectivity index (χ4v) is 5.01. The smallest absolute Gasteiger partial charge is 0.216 e. The van der Waals surface area contributed by atoms with E-state index in [1.807, 2.05) is 74.5 Å². The summed E-state index contributed by atoms with van der Waals surface area (Å²) in [5.41, 5.74) is 1.87. The Balaban J connectivity index is 2.36. The molecule has 2 aromatic rings. The van der Waals surface area contributed by atoms with Gasteiger partial charge in [0.1, 0.15) is 0 Å². The molecule has 0 bridgehead atoms. The first-order chi connectivity index (χ1) is 9.59. The van der Waals surface area contributed by atoms with Crippen LogP contribution in [0.15, 0.2) is 60.7 Å². The van der Waals surface area contributed by atoms with Crippen molar-refractivity contribution in [1.29, 1.82) is 0 Å². The monoisotopic (exact) mass is 288 g/mol. The highest BCUT2D eigenvalue weighted by atomic mass is 31.2. The molecule has 0 heterocycles. The number of rotatable bonds is 5. The van der Waals surface area contributed by atoms with Gasteiger partial charge in [-0.05, 0) is 25.0 Å². The van der Waals surface area contributed by atoms with Crippen molar-refractivity contribution in [2.45, 2.75) is 25.2 Å². The molecule has 0 saturated carbocycles. The second kappa shape index (κ2) is 6.39. The molecule has 3 heteroatoms. The van der Waals surface area contributed by atoms with Crippen molar-refractivity contribution in [3.05, 3.63) is 71.8 Å². The van der Waals surface area contributed by atoms with Gasteiger partial charge < -0.3 is 4.52 Å². The van der Waals surface area contributed by atoms with Crippen molar-refractivity contribution in [2.75, 3.05) is 7.11 Å². The Morgan fingerprint density at radius 3 is 1.45 bits per heavy atom. The summed E-state index contributed by atoms with van der Waals surface area (Å²) in [4.78, 5) is 0. The molecular weight excluding hydrogens is 267 g/mol. The lowest BCUT2D eigenvalue weighted by Gasteiger charge is -2.29. The molecule has 20 heavy (non-hydrogen) atoms. The quantitative estimate of drug-likeness (QED) is 0.685. The lowest BCUT2D eigenvalue weighted by molar-refractivity contribution is 0.376. The fraction of sp³-hybridized carbons (Fsp3) is 0.294. The predicted molar refractivity (Wildman–Crippen MR) is 84.3 cm³/mol. The van der Waals surface area contributed by atoms with Crippen molar-refractivity contribution in [1.82, 2.24) is 0 Å². The summed E-state index contributed by atoms with van der Waals surface area (Å²) < 4.78 is 18.9. The van der Waals surface area contributed by atoms with Gasteiger partial charge in [-0.15, -0.1) is 0 Å². The maximum atomic E-state index is 13.4. The van der Waals surface area contributed by atoms with Crippen LogP contribution in [0.5, 0.6) is 0 Å². The van der Waals surface area contributed by atoms with E-state index in [-0.39, 0.29) is 11.3 Å². The van der Waals surface area contributed by atoms with Crippen LogP contribution in [0.25, 0.3) is 0 Å². The zero-order valence-corrected chi connectivity index (χ0v) is 13.1.